The van der Waals surface area contributed by atoms with Crippen molar-refractivity contribution in [3.63, 3.8) is 0 Å². The van der Waals surface area contributed by atoms with Crippen LogP contribution in [0.3, 0.4) is 0 Å². The third-order valence-electron chi connectivity index (χ3n) is 5.89. The zero-order valence-electron chi connectivity index (χ0n) is 18.1. The van der Waals surface area contributed by atoms with Crippen LogP contribution in [-0.4, -0.2) is 33.8 Å². The Hall–Kier alpha value is -2.97. The molecule has 9 heteroatoms. The summed E-state index contributed by atoms with van der Waals surface area (Å²) in [4.78, 5) is 19.9. The van der Waals surface area contributed by atoms with Gasteiger partial charge in [-0.3, -0.25) is 4.79 Å². The number of thiazole rings is 1. The molecule has 2 aromatic carbocycles. The molecule has 170 valence electrons. The van der Waals surface area contributed by atoms with Gasteiger partial charge in [0.15, 0.2) is 10.8 Å². The number of hydrogen-bond donors (Lipinski definition) is 1. The molecule has 4 aromatic rings. The Bertz CT molecular complexity index is 1280. The smallest absolute Gasteiger partial charge is 0.225 e. The third kappa shape index (κ3) is 4.58. The van der Waals surface area contributed by atoms with Gasteiger partial charge in [0.25, 0.3) is 0 Å². The number of hydrogen-bond acceptors (Lipinski definition) is 5. The van der Waals surface area contributed by atoms with Crippen molar-refractivity contribution in [1.82, 2.24) is 20.1 Å². The zero-order chi connectivity index (χ0) is 22.9. The first-order valence-electron chi connectivity index (χ1n) is 10.9. The van der Waals surface area contributed by atoms with Crippen LogP contribution >= 0.6 is 22.9 Å². The Balaban J connectivity index is 1.31. The highest BCUT2D eigenvalue weighted by atomic mass is 35.5. The number of nitrogens with one attached hydrogen (secondary N) is 1. The molecule has 1 aliphatic heterocycles. The molecule has 5 rings (SSSR count). The van der Waals surface area contributed by atoms with Crippen molar-refractivity contribution >= 4 is 44.3 Å². The van der Waals surface area contributed by atoms with Crippen molar-refractivity contribution in [3.8, 4) is 5.69 Å². The Kier molecular flexibility index (Phi) is 6.03. The molecule has 0 saturated carbocycles. The van der Waals surface area contributed by atoms with Crippen LogP contribution in [0, 0.1) is 18.7 Å². The van der Waals surface area contributed by atoms with Gasteiger partial charge in [0, 0.05) is 24.7 Å². The summed E-state index contributed by atoms with van der Waals surface area (Å²) >= 11 is 7.52. The summed E-state index contributed by atoms with van der Waals surface area (Å²) in [5, 5.41) is 9.21. The number of carbonyl (C=O) groups excluding carboxylic acids is 1. The lowest BCUT2D eigenvalue weighted by atomic mass is 9.97. The number of nitrogens with zero attached hydrogens (tertiary/aromatic N) is 4. The van der Waals surface area contributed by atoms with Crippen LogP contribution in [0.25, 0.3) is 16.0 Å². The number of halogens is 2. The SMILES string of the molecule is Cc1nn(-c2ccc(F)cc2)c2nc(N3CCC[C@H](C(=O)NCc4ccc(Cl)cc4)C3)sc12. The molecule has 6 nitrogen and oxygen atoms in total. The molecule has 1 amide bonds. The summed E-state index contributed by atoms with van der Waals surface area (Å²) in [6, 6.07) is 13.7. The summed E-state index contributed by atoms with van der Waals surface area (Å²) < 4.78 is 16.1. The summed E-state index contributed by atoms with van der Waals surface area (Å²) in [5.74, 6) is -0.316. The molecule has 1 saturated heterocycles. The second-order valence-corrected chi connectivity index (χ2v) is 9.67. The van der Waals surface area contributed by atoms with E-state index >= 15 is 0 Å². The molecule has 0 spiro atoms. The molecular weight excluding hydrogens is 461 g/mol. The van der Waals surface area contributed by atoms with Gasteiger partial charge in [-0.25, -0.2) is 9.07 Å². The molecule has 3 heterocycles. The van der Waals surface area contributed by atoms with E-state index in [0.29, 0.717) is 18.1 Å². The van der Waals surface area contributed by atoms with Crippen LogP contribution in [0.4, 0.5) is 9.52 Å². The van der Waals surface area contributed by atoms with Crippen molar-refractivity contribution in [2.24, 2.45) is 5.92 Å². The van der Waals surface area contributed by atoms with E-state index in [1.54, 1.807) is 28.2 Å². The van der Waals surface area contributed by atoms with Gasteiger partial charge in [-0.2, -0.15) is 10.1 Å². The molecule has 1 N–H and O–H groups in total. The lowest BCUT2D eigenvalue weighted by molar-refractivity contribution is -0.125. The van der Waals surface area contributed by atoms with Gasteiger partial charge in [-0.1, -0.05) is 35.1 Å². The molecular formula is C24H23ClFN5OS. The normalized spacial score (nSPS) is 16.3. The fraction of sp³-hybridized carbons (Fsp3) is 0.292. The minimum absolute atomic E-state index is 0.0597. The van der Waals surface area contributed by atoms with E-state index in [1.807, 2.05) is 31.2 Å². The van der Waals surface area contributed by atoms with Crippen LogP contribution < -0.4 is 10.2 Å². The van der Waals surface area contributed by atoms with Gasteiger partial charge in [-0.05, 0) is 61.7 Å². The van der Waals surface area contributed by atoms with Gasteiger partial charge >= 0.3 is 0 Å². The number of aryl methyl sites for hydroxylation is 1. The lowest BCUT2D eigenvalue weighted by Gasteiger charge is -2.31. The minimum Gasteiger partial charge on any atom is -0.352 e. The standard InChI is InChI=1S/C24H23ClFN5OS/c1-15-21-22(31(29-15)20-10-8-19(26)9-11-20)28-24(33-21)30-12-2-3-17(14-30)23(32)27-13-16-4-6-18(25)7-5-16/h4-11,17H,2-3,12-14H2,1H3,(H,27,32)/t17-/m0/s1. The van der Waals surface area contributed by atoms with Crippen molar-refractivity contribution < 1.29 is 9.18 Å². The number of rotatable bonds is 5. The van der Waals surface area contributed by atoms with E-state index in [4.69, 9.17) is 16.6 Å². The number of fused-ring (bicyclic) bond motifs is 1. The van der Waals surface area contributed by atoms with Crippen LogP contribution in [0.15, 0.2) is 48.5 Å². The van der Waals surface area contributed by atoms with Gasteiger partial charge in [0.2, 0.25) is 5.91 Å². The average Bonchev–Trinajstić information content (AvgIpc) is 3.40. The van der Waals surface area contributed by atoms with Crippen LogP contribution in [0.5, 0.6) is 0 Å². The highest BCUT2D eigenvalue weighted by molar-refractivity contribution is 7.22. The minimum atomic E-state index is -0.286. The van der Waals surface area contributed by atoms with E-state index in [1.165, 1.54) is 12.1 Å². The van der Waals surface area contributed by atoms with Gasteiger partial charge < -0.3 is 10.2 Å². The van der Waals surface area contributed by atoms with Crippen molar-refractivity contribution in [3.05, 3.63) is 70.6 Å². The number of anilines is 1. The molecule has 0 radical (unpaired) electrons. The van der Waals surface area contributed by atoms with Crippen LogP contribution in [-0.2, 0) is 11.3 Å². The maximum absolute atomic E-state index is 13.3. The molecule has 2 aromatic heterocycles. The zero-order valence-corrected chi connectivity index (χ0v) is 19.7. The summed E-state index contributed by atoms with van der Waals surface area (Å²) in [7, 11) is 0. The number of amides is 1. The molecule has 1 atom stereocenters. The van der Waals surface area contributed by atoms with Crippen molar-refractivity contribution in [2.75, 3.05) is 18.0 Å². The molecule has 0 bridgehead atoms. The summed E-state index contributed by atoms with van der Waals surface area (Å²) in [6.45, 7) is 3.93. The summed E-state index contributed by atoms with van der Waals surface area (Å²) in [5.41, 5.74) is 3.43. The first kappa shape index (κ1) is 21.9. The molecule has 0 aliphatic carbocycles. The highest BCUT2D eigenvalue weighted by Gasteiger charge is 2.28. The number of benzene rings is 2. The van der Waals surface area contributed by atoms with Crippen molar-refractivity contribution in [1.29, 1.82) is 0 Å². The summed E-state index contributed by atoms with van der Waals surface area (Å²) in [6.07, 6.45) is 1.79. The predicted molar refractivity (Wildman–Crippen MR) is 130 cm³/mol. The third-order valence-corrected chi connectivity index (χ3v) is 7.36. The van der Waals surface area contributed by atoms with Gasteiger partial charge in [0.1, 0.15) is 5.82 Å². The topological polar surface area (TPSA) is 63.1 Å². The Labute approximate surface area is 200 Å². The van der Waals surface area contributed by atoms with Crippen LogP contribution in [0.2, 0.25) is 5.02 Å². The van der Waals surface area contributed by atoms with Gasteiger partial charge in [-0.15, -0.1) is 0 Å². The first-order chi connectivity index (χ1) is 16.0. The monoisotopic (exact) mass is 483 g/mol. The van der Waals surface area contributed by atoms with E-state index in [9.17, 15) is 9.18 Å². The van der Waals surface area contributed by atoms with E-state index in [0.717, 1.165) is 51.8 Å². The second-order valence-electron chi connectivity index (χ2n) is 8.25. The van der Waals surface area contributed by atoms with Gasteiger partial charge in [0.05, 0.1) is 22.0 Å². The maximum Gasteiger partial charge on any atom is 0.225 e. The fourth-order valence-electron chi connectivity index (χ4n) is 4.12. The maximum atomic E-state index is 13.3. The highest BCUT2D eigenvalue weighted by Crippen LogP contribution is 2.34. The Morgan fingerprint density at radius 1 is 1.21 bits per heavy atom. The van der Waals surface area contributed by atoms with E-state index < -0.39 is 0 Å². The number of aromatic nitrogens is 3. The molecule has 1 aliphatic rings. The molecule has 33 heavy (non-hydrogen) atoms. The van der Waals surface area contributed by atoms with E-state index in [-0.39, 0.29) is 17.6 Å². The second kappa shape index (κ2) is 9.11. The lowest BCUT2D eigenvalue weighted by Crippen LogP contribution is -2.43. The average molecular weight is 484 g/mol. The fourth-order valence-corrected chi connectivity index (χ4v) is 5.27. The Morgan fingerprint density at radius 3 is 2.73 bits per heavy atom. The number of piperidine rings is 1. The quantitative estimate of drug-likeness (QED) is 0.428. The van der Waals surface area contributed by atoms with Crippen molar-refractivity contribution in [2.45, 2.75) is 26.3 Å². The Morgan fingerprint density at radius 2 is 1.97 bits per heavy atom. The number of carbonyl (C=O) groups is 1. The predicted octanol–water partition coefficient (Wildman–Crippen LogP) is 5.12. The largest absolute Gasteiger partial charge is 0.352 e. The first-order valence-corrected chi connectivity index (χ1v) is 12.1. The van der Waals surface area contributed by atoms with Crippen LogP contribution in [0.1, 0.15) is 24.1 Å². The van der Waals surface area contributed by atoms with E-state index in [2.05, 4.69) is 15.3 Å². The molecule has 0 unspecified atom stereocenters. The molecule has 1 fully saturated rings.